The van der Waals surface area contributed by atoms with E-state index >= 15 is 0 Å². The summed E-state index contributed by atoms with van der Waals surface area (Å²) in [5.41, 5.74) is 8.53. The van der Waals surface area contributed by atoms with Crippen molar-refractivity contribution in [1.82, 2.24) is 15.0 Å². The summed E-state index contributed by atoms with van der Waals surface area (Å²) >= 11 is 0. The summed E-state index contributed by atoms with van der Waals surface area (Å²) in [6.07, 6.45) is 4.39. The molecule has 1 fully saturated rings. The Labute approximate surface area is 156 Å². The van der Waals surface area contributed by atoms with Crippen molar-refractivity contribution in [2.45, 2.75) is 12.8 Å². The van der Waals surface area contributed by atoms with Crippen LogP contribution in [0, 0.1) is 5.92 Å². The lowest BCUT2D eigenvalue weighted by Crippen LogP contribution is -2.37. The molecule has 1 aromatic carbocycles. The third-order valence-corrected chi connectivity index (χ3v) is 4.91. The zero-order chi connectivity index (χ0) is 18.8. The number of nitrogens with one attached hydrogen (secondary N) is 1. The Kier molecular flexibility index (Phi) is 4.45. The lowest BCUT2D eigenvalue weighted by atomic mass is 9.97. The fourth-order valence-electron chi connectivity index (χ4n) is 3.42. The molecule has 3 heterocycles. The monoisotopic (exact) mass is 364 g/mol. The number of piperidine rings is 1. The van der Waals surface area contributed by atoms with Gasteiger partial charge in [0.05, 0.1) is 11.4 Å². The summed E-state index contributed by atoms with van der Waals surface area (Å²) in [7, 11) is 0. The van der Waals surface area contributed by atoms with Gasteiger partial charge in [-0.25, -0.2) is 9.97 Å². The van der Waals surface area contributed by atoms with Crippen LogP contribution in [-0.2, 0) is 4.79 Å². The highest BCUT2D eigenvalue weighted by Crippen LogP contribution is 2.32. The van der Waals surface area contributed by atoms with Crippen molar-refractivity contribution in [3.05, 3.63) is 42.9 Å². The first-order valence-electron chi connectivity index (χ1n) is 8.82. The van der Waals surface area contributed by atoms with Gasteiger partial charge >= 0.3 is 5.97 Å². The number of fused-ring (bicyclic) bond motifs is 1. The number of aliphatic carboxylic acids is 1. The van der Waals surface area contributed by atoms with Gasteiger partial charge in [-0.1, -0.05) is 6.07 Å². The van der Waals surface area contributed by atoms with Crippen LogP contribution in [0.25, 0.3) is 10.9 Å². The molecule has 138 valence electrons. The minimum absolute atomic E-state index is 0.301. The Hall–Kier alpha value is -3.42. The minimum Gasteiger partial charge on any atom is -0.481 e. The van der Waals surface area contributed by atoms with E-state index < -0.39 is 5.97 Å². The van der Waals surface area contributed by atoms with Crippen LogP contribution in [0.3, 0.4) is 0 Å². The molecule has 0 saturated carbocycles. The smallest absolute Gasteiger partial charge is 0.306 e. The zero-order valence-electron chi connectivity index (χ0n) is 14.7. The van der Waals surface area contributed by atoms with Gasteiger partial charge in [-0.2, -0.15) is 0 Å². The molecule has 0 radical (unpaired) electrons. The van der Waals surface area contributed by atoms with Gasteiger partial charge in [0.2, 0.25) is 0 Å². The largest absolute Gasteiger partial charge is 0.481 e. The molecule has 27 heavy (non-hydrogen) atoms. The molecule has 3 aromatic rings. The molecule has 2 aromatic heterocycles. The van der Waals surface area contributed by atoms with Crippen LogP contribution in [0.5, 0.6) is 0 Å². The molecule has 0 amide bonds. The Morgan fingerprint density at radius 1 is 1.15 bits per heavy atom. The van der Waals surface area contributed by atoms with Crippen LogP contribution in [-0.4, -0.2) is 39.1 Å². The summed E-state index contributed by atoms with van der Waals surface area (Å²) < 4.78 is 0. The molecule has 0 aliphatic carbocycles. The normalized spacial score (nSPS) is 15.0. The van der Waals surface area contributed by atoms with Crippen molar-refractivity contribution in [3.63, 3.8) is 0 Å². The molecule has 4 rings (SSSR count). The number of carboxylic acids is 1. The van der Waals surface area contributed by atoms with Gasteiger partial charge in [0.1, 0.15) is 12.0 Å². The maximum absolute atomic E-state index is 11.1. The number of carbonyl (C=O) groups is 1. The number of carboxylic acid groups (broad SMARTS) is 1. The van der Waals surface area contributed by atoms with Crippen LogP contribution < -0.4 is 16.0 Å². The quantitative estimate of drug-likeness (QED) is 0.647. The average molecular weight is 364 g/mol. The Balaban J connectivity index is 1.60. The highest BCUT2D eigenvalue weighted by Gasteiger charge is 2.26. The molecule has 1 aliphatic heterocycles. The Morgan fingerprint density at radius 3 is 2.74 bits per heavy atom. The molecular weight excluding hydrogens is 344 g/mol. The second kappa shape index (κ2) is 7.06. The van der Waals surface area contributed by atoms with Crippen LogP contribution >= 0.6 is 0 Å². The van der Waals surface area contributed by atoms with Gasteiger partial charge in [-0.3, -0.25) is 9.78 Å². The molecule has 0 spiro atoms. The van der Waals surface area contributed by atoms with Gasteiger partial charge in [-0.15, -0.1) is 0 Å². The number of nitrogens with zero attached hydrogens (tertiary/aromatic N) is 4. The maximum Gasteiger partial charge on any atom is 0.306 e. The summed E-state index contributed by atoms with van der Waals surface area (Å²) in [6.45, 7) is 1.21. The highest BCUT2D eigenvalue weighted by atomic mass is 16.4. The van der Waals surface area contributed by atoms with Gasteiger partial charge in [-0.05, 0) is 37.1 Å². The number of nitrogens with two attached hydrogens (primary N) is 1. The average Bonchev–Trinajstić information content (AvgIpc) is 2.70. The molecule has 8 nitrogen and oxygen atoms in total. The molecule has 4 N–H and O–H groups in total. The minimum atomic E-state index is -0.739. The van der Waals surface area contributed by atoms with Crippen molar-refractivity contribution in [2.24, 2.45) is 5.92 Å². The van der Waals surface area contributed by atoms with Gasteiger partial charge < -0.3 is 21.1 Å². The lowest BCUT2D eigenvalue weighted by molar-refractivity contribution is -0.142. The molecule has 8 heteroatoms. The number of nitrogen functional groups attached to an aromatic ring is 1. The number of benzene rings is 1. The topological polar surface area (TPSA) is 117 Å². The fourth-order valence-corrected chi connectivity index (χ4v) is 3.42. The standard InChI is InChI=1S/C19H20N6O2/c20-16-17(24-15-5-1-4-14-13(15)3-2-8-21-14)22-11-23-18(16)25-9-6-12(7-10-25)19(26)27/h1-5,8,11-12H,6-7,9-10,20H2,(H,26,27)(H,22,23,24). The highest BCUT2D eigenvalue weighted by molar-refractivity contribution is 5.94. The molecular formula is C19H20N6O2. The molecule has 0 bridgehead atoms. The Morgan fingerprint density at radius 2 is 1.96 bits per heavy atom. The van der Waals surface area contributed by atoms with E-state index in [0.29, 0.717) is 43.3 Å². The molecule has 0 atom stereocenters. The first-order chi connectivity index (χ1) is 13.1. The van der Waals surface area contributed by atoms with Crippen LogP contribution in [0.2, 0.25) is 0 Å². The summed E-state index contributed by atoms with van der Waals surface area (Å²) in [5.74, 6) is 0.119. The maximum atomic E-state index is 11.1. The van der Waals surface area contributed by atoms with Crippen LogP contribution in [0.4, 0.5) is 23.0 Å². The van der Waals surface area contributed by atoms with E-state index in [2.05, 4.69) is 20.3 Å². The van der Waals surface area contributed by atoms with Gasteiger partial charge in [0, 0.05) is 30.4 Å². The predicted molar refractivity (Wildman–Crippen MR) is 104 cm³/mol. The Bertz CT molecular complexity index is 980. The first kappa shape index (κ1) is 17.0. The predicted octanol–water partition coefficient (Wildman–Crippen LogP) is 2.65. The number of anilines is 4. The van der Waals surface area contributed by atoms with Crippen molar-refractivity contribution >= 4 is 39.9 Å². The van der Waals surface area contributed by atoms with E-state index in [1.54, 1.807) is 6.20 Å². The fraction of sp³-hybridized carbons (Fsp3) is 0.263. The van der Waals surface area contributed by atoms with Crippen molar-refractivity contribution in [1.29, 1.82) is 0 Å². The third-order valence-electron chi connectivity index (χ3n) is 4.91. The summed E-state index contributed by atoms with van der Waals surface area (Å²) in [6, 6.07) is 9.69. The van der Waals surface area contributed by atoms with E-state index in [1.165, 1.54) is 6.33 Å². The second-order valence-corrected chi connectivity index (χ2v) is 6.56. The zero-order valence-corrected chi connectivity index (χ0v) is 14.7. The number of hydrogen-bond acceptors (Lipinski definition) is 7. The van der Waals surface area contributed by atoms with E-state index in [0.717, 1.165) is 16.6 Å². The van der Waals surface area contributed by atoms with E-state index in [-0.39, 0.29) is 5.92 Å². The van der Waals surface area contributed by atoms with Crippen LogP contribution in [0.1, 0.15) is 12.8 Å². The lowest BCUT2D eigenvalue weighted by Gasteiger charge is -2.31. The summed E-state index contributed by atoms with van der Waals surface area (Å²) in [5, 5.41) is 13.4. The van der Waals surface area contributed by atoms with Crippen LogP contribution in [0.15, 0.2) is 42.9 Å². The van der Waals surface area contributed by atoms with E-state index in [4.69, 9.17) is 10.8 Å². The molecule has 1 saturated heterocycles. The number of hydrogen-bond donors (Lipinski definition) is 3. The molecule has 0 unspecified atom stereocenters. The first-order valence-corrected chi connectivity index (χ1v) is 8.82. The number of pyridine rings is 1. The van der Waals surface area contributed by atoms with Gasteiger partial charge in [0.25, 0.3) is 0 Å². The van der Waals surface area contributed by atoms with Crippen molar-refractivity contribution < 1.29 is 9.90 Å². The number of aromatic nitrogens is 3. The van der Waals surface area contributed by atoms with E-state index in [9.17, 15) is 4.79 Å². The summed E-state index contributed by atoms with van der Waals surface area (Å²) in [4.78, 5) is 26.1. The van der Waals surface area contributed by atoms with Crippen molar-refractivity contribution in [2.75, 3.05) is 29.0 Å². The van der Waals surface area contributed by atoms with Crippen molar-refractivity contribution in [3.8, 4) is 0 Å². The third kappa shape index (κ3) is 3.33. The second-order valence-electron chi connectivity index (χ2n) is 6.56. The van der Waals surface area contributed by atoms with Gasteiger partial charge in [0.15, 0.2) is 11.6 Å². The van der Waals surface area contributed by atoms with E-state index in [1.807, 2.05) is 35.2 Å². The SMILES string of the molecule is Nc1c(Nc2cccc3ncccc23)ncnc1N1CCC(C(=O)O)CC1. The molecule has 1 aliphatic rings. The number of rotatable bonds is 4.